The summed E-state index contributed by atoms with van der Waals surface area (Å²) >= 11 is 0. The van der Waals surface area contributed by atoms with E-state index in [1.807, 2.05) is 31.3 Å². The molecule has 0 spiro atoms. The van der Waals surface area contributed by atoms with Gasteiger partial charge in [0, 0.05) is 25.7 Å². The Kier molecular flexibility index (Phi) is 6.87. The molecule has 0 bridgehead atoms. The van der Waals surface area contributed by atoms with Crippen LogP contribution in [0.15, 0.2) is 24.3 Å². The molecule has 4 nitrogen and oxygen atoms in total. The normalized spacial score (nSPS) is 10.1. The molecule has 1 rings (SSSR count). The van der Waals surface area contributed by atoms with E-state index in [2.05, 4.69) is 10.6 Å². The van der Waals surface area contributed by atoms with E-state index in [4.69, 9.17) is 5.73 Å². The lowest BCUT2D eigenvalue weighted by Crippen LogP contribution is -2.22. The number of nitrogens with two attached hydrogens (primary N) is 1. The van der Waals surface area contributed by atoms with Crippen molar-refractivity contribution in [3.63, 3.8) is 0 Å². The minimum Gasteiger partial charge on any atom is -0.388 e. The monoisotopic (exact) mass is 249 g/mol. The number of benzene rings is 1. The van der Waals surface area contributed by atoms with Gasteiger partial charge in [-0.1, -0.05) is 18.6 Å². The highest BCUT2D eigenvalue weighted by Gasteiger charge is 2.01. The van der Waals surface area contributed by atoms with Gasteiger partial charge in [0.15, 0.2) is 0 Å². The summed E-state index contributed by atoms with van der Waals surface area (Å²) in [4.78, 5) is 11.5. The van der Waals surface area contributed by atoms with Crippen molar-refractivity contribution in [1.29, 1.82) is 0 Å². The van der Waals surface area contributed by atoms with Gasteiger partial charge in [-0.15, -0.1) is 0 Å². The second-order valence-electron chi connectivity index (χ2n) is 4.32. The van der Waals surface area contributed by atoms with Gasteiger partial charge in [0.2, 0.25) is 5.91 Å². The van der Waals surface area contributed by atoms with E-state index in [0.29, 0.717) is 19.5 Å². The number of amides is 1. The fourth-order valence-corrected chi connectivity index (χ4v) is 1.68. The molecule has 0 saturated heterocycles. The molecule has 0 heterocycles. The second kappa shape index (κ2) is 8.53. The Morgan fingerprint density at radius 3 is 2.50 bits per heavy atom. The van der Waals surface area contributed by atoms with Crippen molar-refractivity contribution < 1.29 is 4.79 Å². The Morgan fingerprint density at radius 1 is 1.17 bits per heavy atom. The van der Waals surface area contributed by atoms with Gasteiger partial charge in [0.05, 0.1) is 0 Å². The minimum absolute atomic E-state index is 0.115. The van der Waals surface area contributed by atoms with Crippen LogP contribution in [0, 0.1) is 0 Å². The zero-order chi connectivity index (χ0) is 13.2. The van der Waals surface area contributed by atoms with E-state index in [1.165, 1.54) is 0 Å². The summed E-state index contributed by atoms with van der Waals surface area (Å²) in [5, 5.41) is 5.98. The molecule has 4 N–H and O–H groups in total. The number of hydrogen-bond donors (Lipinski definition) is 3. The highest BCUT2D eigenvalue weighted by atomic mass is 16.1. The third-order valence-electron chi connectivity index (χ3n) is 2.84. The molecule has 1 aromatic carbocycles. The lowest BCUT2D eigenvalue weighted by molar-refractivity contribution is -0.121. The van der Waals surface area contributed by atoms with Gasteiger partial charge < -0.3 is 16.4 Å². The molecule has 1 aromatic rings. The first-order chi connectivity index (χ1) is 8.76. The lowest BCUT2D eigenvalue weighted by Gasteiger charge is -2.06. The highest BCUT2D eigenvalue weighted by Crippen LogP contribution is 2.08. The Morgan fingerprint density at radius 2 is 1.89 bits per heavy atom. The van der Waals surface area contributed by atoms with E-state index in [9.17, 15) is 4.79 Å². The topological polar surface area (TPSA) is 67.1 Å². The highest BCUT2D eigenvalue weighted by molar-refractivity contribution is 5.75. The molecule has 0 aliphatic carbocycles. The van der Waals surface area contributed by atoms with Crippen LogP contribution in [0.3, 0.4) is 0 Å². The number of hydrogen-bond acceptors (Lipinski definition) is 3. The fourth-order valence-electron chi connectivity index (χ4n) is 1.68. The van der Waals surface area contributed by atoms with Gasteiger partial charge in [-0.25, -0.2) is 0 Å². The number of nitrogens with one attached hydrogen (secondary N) is 2. The standard InChI is InChI=1S/C14H23N3O/c1-16-13-8-6-12(7-9-13)11-17-14(18)5-3-2-4-10-15/h6-9,16H,2-5,10-11,15H2,1H3,(H,17,18). The average molecular weight is 249 g/mol. The van der Waals surface area contributed by atoms with Crippen LogP contribution >= 0.6 is 0 Å². The number of carbonyl (C=O) groups excluding carboxylic acids is 1. The molecule has 0 aliphatic rings. The first-order valence-electron chi connectivity index (χ1n) is 6.49. The minimum atomic E-state index is 0.115. The molecule has 0 unspecified atom stereocenters. The lowest BCUT2D eigenvalue weighted by atomic mass is 10.1. The van der Waals surface area contributed by atoms with Crippen molar-refractivity contribution >= 4 is 11.6 Å². The van der Waals surface area contributed by atoms with Crippen molar-refractivity contribution in [1.82, 2.24) is 5.32 Å². The Hall–Kier alpha value is -1.55. The summed E-state index contributed by atoms with van der Waals surface area (Å²) in [6, 6.07) is 8.03. The van der Waals surface area contributed by atoms with Crippen molar-refractivity contribution in [2.45, 2.75) is 32.2 Å². The van der Waals surface area contributed by atoms with Crippen LogP contribution in [0.2, 0.25) is 0 Å². The summed E-state index contributed by atoms with van der Waals surface area (Å²) in [5.41, 5.74) is 7.59. The van der Waals surface area contributed by atoms with Crippen LogP contribution in [-0.4, -0.2) is 19.5 Å². The third kappa shape index (κ3) is 5.68. The van der Waals surface area contributed by atoms with Gasteiger partial charge in [-0.2, -0.15) is 0 Å². The van der Waals surface area contributed by atoms with Crippen LogP contribution in [0.25, 0.3) is 0 Å². The van der Waals surface area contributed by atoms with Crippen molar-refractivity contribution in [3.05, 3.63) is 29.8 Å². The number of rotatable bonds is 8. The maximum atomic E-state index is 11.5. The predicted octanol–water partition coefficient (Wildman–Crippen LogP) is 1.86. The number of unbranched alkanes of at least 4 members (excludes halogenated alkanes) is 2. The van der Waals surface area contributed by atoms with Crippen LogP contribution in [0.4, 0.5) is 5.69 Å². The molecule has 0 fully saturated rings. The fraction of sp³-hybridized carbons (Fsp3) is 0.500. The SMILES string of the molecule is CNc1ccc(CNC(=O)CCCCCN)cc1. The predicted molar refractivity (Wildman–Crippen MR) is 75.4 cm³/mol. The maximum Gasteiger partial charge on any atom is 0.220 e. The molecule has 18 heavy (non-hydrogen) atoms. The maximum absolute atomic E-state index is 11.5. The van der Waals surface area contributed by atoms with Gasteiger partial charge in [0.25, 0.3) is 0 Å². The molecular formula is C14H23N3O. The summed E-state index contributed by atoms with van der Waals surface area (Å²) in [5.74, 6) is 0.115. The van der Waals surface area contributed by atoms with Crippen molar-refractivity contribution in [3.8, 4) is 0 Å². The first kappa shape index (κ1) is 14.5. The van der Waals surface area contributed by atoms with E-state index in [-0.39, 0.29) is 5.91 Å². The Bertz CT molecular complexity index is 349. The van der Waals surface area contributed by atoms with Crippen LogP contribution < -0.4 is 16.4 Å². The quantitative estimate of drug-likeness (QED) is 0.616. The van der Waals surface area contributed by atoms with Crippen LogP contribution in [0.1, 0.15) is 31.2 Å². The zero-order valence-electron chi connectivity index (χ0n) is 11.0. The Labute approximate surface area is 109 Å². The second-order valence-corrected chi connectivity index (χ2v) is 4.32. The largest absolute Gasteiger partial charge is 0.388 e. The molecular weight excluding hydrogens is 226 g/mol. The van der Waals surface area contributed by atoms with Crippen LogP contribution in [-0.2, 0) is 11.3 Å². The van der Waals surface area contributed by atoms with Gasteiger partial charge >= 0.3 is 0 Å². The molecule has 0 atom stereocenters. The molecule has 0 radical (unpaired) electrons. The smallest absolute Gasteiger partial charge is 0.220 e. The number of anilines is 1. The van der Waals surface area contributed by atoms with Gasteiger partial charge in [-0.3, -0.25) is 4.79 Å². The molecule has 0 saturated carbocycles. The van der Waals surface area contributed by atoms with Gasteiger partial charge in [-0.05, 0) is 37.1 Å². The average Bonchev–Trinajstić information content (AvgIpc) is 2.42. The van der Waals surface area contributed by atoms with E-state index in [0.717, 1.165) is 30.5 Å². The summed E-state index contributed by atoms with van der Waals surface area (Å²) in [6.45, 7) is 1.30. The number of carbonyl (C=O) groups is 1. The summed E-state index contributed by atoms with van der Waals surface area (Å²) in [6.07, 6.45) is 3.54. The third-order valence-corrected chi connectivity index (χ3v) is 2.84. The molecule has 100 valence electrons. The summed E-state index contributed by atoms with van der Waals surface area (Å²) < 4.78 is 0. The molecule has 0 aromatic heterocycles. The van der Waals surface area contributed by atoms with Crippen molar-refractivity contribution in [2.75, 3.05) is 18.9 Å². The zero-order valence-corrected chi connectivity index (χ0v) is 11.0. The molecule has 1 amide bonds. The molecule has 0 aliphatic heterocycles. The van der Waals surface area contributed by atoms with Crippen LogP contribution in [0.5, 0.6) is 0 Å². The van der Waals surface area contributed by atoms with E-state index >= 15 is 0 Å². The Balaban J connectivity index is 2.20. The molecule has 4 heteroatoms. The van der Waals surface area contributed by atoms with Gasteiger partial charge in [0.1, 0.15) is 0 Å². The van der Waals surface area contributed by atoms with E-state index in [1.54, 1.807) is 0 Å². The van der Waals surface area contributed by atoms with Crippen molar-refractivity contribution in [2.24, 2.45) is 5.73 Å². The van der Waals surface area contributed by atoms with E-state index < -0.39 is 0 Å². The summed E-state index contributed by atoms with van der Waals surface area (Å²) in [7, 11) is 1.89. The first-order valence-corrected chi connectivity index (χ1v) is 6.49.